The second-order valence-electron chi connectivity index (χ2n) is 6.05. The van der Waals surface area contributed by atoms with E-state index in [1.165, 1.54) is 31.6 Å². The van der Waals surface area contributed by atoms with Crippen LogP contribution in [0.2, 0.25) is 5.02 Å². The number of rotatable bonds is 8. The van der Waals surface area contributed by atoms with Crippen LogP contribution in [0, 0.1) is 0 Å². The Morgan fingerprint density at radius 3 is 2.53 bits per heavy atom. The summed E-state index contributed by atoms with van der Waals surface area (Å²) < 4.78 is 20.9. The van der Waals surface area contributed by atoms with Crippen molar-refractivity contribution in [1.29, 1.82) is 0 Å². The maximum atomic E-state index is 12.1. The van der Waals surface area contributed by atoms with E-state index in [4.69, 9.17) is 30.5 Å². The summed E-state index contributed by atoms with van der Waals surface area (Å²) in [4.78, 5) is 16.6. The highest BCUT2D eigenvalue weighted by atomic mass is 35.5. The number of hydrogen-bond donors (Lipinski definition) is 0. The fraction of sp³-hybridized carbons (Fsp3) is 0.182. The number of aromatic nitrogens is 1. The average Bonchev–Trinajstić information content (AvgIpc) is 3.25. The molecule has 0 aliphatic heterocycles. The SMILES string of the molecule is COc1ccc(-c2nc(COC(=O)/C=C/c3cc(Cl)c(OC)c(OC)c3)cs2)cc1. The number of carbonyl (C=O) groups is 1. The second-order valence-corrected chi connectivity index (χ2v) is 7.32. The van der Waals surface area contributed by atoms with Crippen LogP contribution < -0.4 is 14.2 Å². The van der Waals surface area contributed by atoms with Crippen LogP contribution in [0.3, 0.4) is 0 Å². The van der Waals surface area contributed by atoms with Crippen molar-refractivity contribution < 1.29 is 23.7 Å². The monoisotopic (exact) mass is 445 g/mol. The highest BCUT2D eigenvalue weighted by Crippen LogP contribution is 2.36. The van der Waals surface area contributed by atoms with Gasteiger partial charge in [-0.2, -0.15) is 0 Å². The molecule has 8 heteroatoms. The minimum Gasteiger partial charge on any atom is -0.497 e. The number of esters is 1. The number of ether oxygens (including phenoxy) is 4. The number of benzene rings is 2. The van der Waals surface area contributed by atoms with E-state index in [9.17, 15) is 4.79 Å². The van der Waals surface area contributed by atoms with Gasteiger partial charge >= 0.3 is 5.97 Å². The van der Waals surface area contributed by atoms with E-state index in [-0.39, 0.29) is 6.61 Å². The maximum absolute atomic E-state index is 12.1. The molecule has 0 atom stereocenters. The van der Waals surface area contributed by atoms with E-state index in [0.29, 0.717) is 27.8 Å². The lowest BCUT2D eigenvalue weighted by Gasteiger charge is -2.10. The molecule has 6 nitrogen and oxygen atoms in total. The lowest BCUT2D eigenvalue weighted by atomic mass is 10.2. The Morgan fingerprint density at radius 2 is 1.87 bits per heavy atom. The number of nitrogens with zero attached hydrogens (tertiary/aromatic N) is 1. The molecule has 3 rings (SSSR count). The van der Waals surface area contributed by atoms with E-state index < -0.39 is 5.97 Å². The van der Waals surface area contributed by atoms with Crippen molar-refractivity contribution in [2.75, 3.05) is 21.3 Å². The van der Waals surface area contributed by atoms with Crippen LogP contribution in [-0.2, 0) is 16.1 Å². The van der Waals surface area contributed by atoms with Gasteiger partial charge in [0.1, 0.15) is 17.4 Å². The van der Waals surface area contributed by atoms with Crippen molar-refractivity contribution >= 4 is 35.0 Å². The number of hydrogen-bond acceptors (Lipinski definition) is 7. The molecule has 0 saturated carbocycles. The lowest BCUT2D eigenvalue weighted by Crippen LogP contribution is -2.01. The zero-order valence-corrected chi connectivity index (χ0v) is 18.3. The van der Waals surface area contributed by atoms with Gasteiger partial charge in [-0.05, 0) is 48.0 Å². The molecule has 3 aromatic rings. The van der Waals surface area contributed by atoms with Crippen molar-refractivity contribution in [3.05, 3.63) is 64.1 Å². The van der Waals surface area contributed by atoms with Gasteiger partial charge in [0.15, 0.2) is 11.5 Å². The summed E-state index contributed by atoms with van der Waals surface area (Å²) >= 11 is 7.66. The molecule has 0 aliphatic rings. The number of halogens is 1. The second kappa shape index (κ2) is 10.1. The molecule has 0 spiro atoms. The minimum atomic E-state index is -0.486. The molecule has 2 aromatic carbocycles. The Balaban J connectivity index is 1.60. The van der Waals surface area contributed by atoms with Crippen LogP contribution in [0.1, 0.15) is 11.3 Å². The Hall–Kier alpha value is -3.03. The zero-order valence-electron chi connectivity index (χ0n) is 16.7. The first-order valence-corrected chi connectivity index (χ1v) is 10.1. The van der Waals surface area contributed by atoms with Crippen LogP contribution in [0.25, 0.3) is 16.6 Å². The first kappa shape index (κ1) is 21.7. The third kappa shape index (κ3) is 5.31. The first-order chi connectivity index (χ1) is 14.5. The Kier molecular flexibility index (Phi) is 7.32. The Labute approximate surface area is 183 Å². The van der Waals surface area contributed by atoms with E-state index in [2.05, 4.69) is 4.98 Å². The summed E-state index contributed by atoms with van der Waals surface area (Å²) in [5.74, 6) is 1.22. The highest BCUT2D eigenvalue weighted by Gasteiger charge is 2.10. The Bertz CT molecular complexity index is 1050. The molecular formula is C22H20ClNO5S. The van der Waals surface area contributed by atoms with E-state index in [1.54, 1.807) is 25.3 Å². The van der Waals surface area contributed by atoms with Crippen molar-refractivity contribution in [2.24, 2.45) is 0 Å². The van der Waals surface area contributed by atoms with Crippen LogP contribution in [0.4, 0.5) is 0 Å². The summed E-state index contributed by atoms with van der Waals surface area (Å²) in [5.41, 5.74) is 2.34. The molecule has 0 unspecified atom stereocenters. The van der Waals surface area contributed by atoms with Gasteiger partial charge in [0.05, 0.1) is 32.0 Å². The summed E-state index contributed by atoms with van der Waals surface area (Å²) in [6.07, 6.45) is 2.92. The predicted molar refractivity (Wildman–Crippen MR) is 117 cm³/mol. The largest absolute Gasteiger partial charge is 0.497 e. The molecule has 0 amide bonds. The van der Waals surface area contributed by atoms with Gasteiger partial charge in [0, 0.05) is 17.0 Å². The number of carbonyl (C=O) groups excluding carboxylic acids is 1. The van der Waals surface area contributed by atoms with Crippen molar-refractivity contribution in [1.82, 2.24) is 4.98 Å². The zero-order chi connectivity index (χ0) is 21.5. The molecule has 0 bridgehead atoms. The molecule has 0 radical (unpaired) electrons. The van der Waals surface area contributed by atoms with Crippen LogP contribution >= 0.6 is 22.9 Å². The topological polar surface area (TPSA) is 66.9 Å². The van der Waals surface area contributed by atoms with E-state index in [0.717, 1.165) is 16.3 Å². The summed E-state index contributed by atoms with van der Waals surface area (Å²) in [5, 5.41) is 3.10. The van der Waals surface area contributed by atoms with Gasteiger partial charge in [-0.25, -0.2) is 9.78 Å². The smallest absolute Gasteiger partial charge is 0.331 e. The third-order valence-electron chi connectivity index (χ3n) is 4.12. The number of methoxy groups -OCH3 is 3. The first-order valence-electron chi connectivity index (χ1n) is 8.89. The molecule has 0 saturated heterocycles. The van der Waals surface area contributed by atoms with Gasteiger partial charge in [0.25, 0.3) is 0 Å². The summed E-state index contributed by atoms with van der Waals surface area (Å²) in [6.45, 7) is 0.0858. The van der Waals surface area contributed by atoms with Crippen molar-refractivity contribution in [2.45, 2.75) is 6.61 Å². The average molecular weight is 446 g/mol. The van der Waals surface area contributed by atoms with E-state index >= 15 is 0 Å². The minimum absolute atomic E-state index is 0.0858. The fourth-order valence-electron chi connectivity index (χ4n) is 2.63. The van der Waals surface area contributed by atoms with Gasteiger partial charge in [-0.3, -0.25) is 0 Å². The molecule has 1 heterocycles. The van der Waals surface area contributed by atoms with Crippen LogP contribution in [0.5, 0.6) is 17.2 Å². The molecule has 1 aromatic heterocycles. The third-order valence-corrected chi connectivity index (χ3v) is 5.34. The van der Waals surface area contributed by atoms with Crippen molar-refractivity contribution in [3.63, 3.8) is 0 Å². The van der Waals surface area contributed by atoms with Crippen LogP contribution in [-0.4, -0.2) is 32.3 Å². The normalized spacial score (nSPS) is 10.8. The Morgan fingerprint density at radius 1 is 1.10 bits per heavy atom. The van der Waals surface area contributed by atoms with Gasteiger partial charge < -0.3 is 18.9 Å². The van der Waals surface area contributed by atoms with Gasteiger partial charge in [-0.1, -0.05) is 11.6 Å². The quantitative estimate of drug-likeness (QED) is 0.348. The summed E-state index contributed by atoms with van der Waals surface area (Å²) in [6, 6.07) is 11.0. The van der Waals surface area contributed by atoms with Crippen molar-refractivity contribution in [3.8, 4) is 27.8 Å². The van der Waals surface area contributed by atoms with Gasteiger partial charge in [0.2, 0.25) is 0 Å². The predicted octanol–water partition coefficient (Wildman–Crippen LogP) is 5.25. The molecule has 30 heavy (non-hydrogen) atoms. The van der Waals surface area contributed by atoms with Crippen LogP contribution in [0.15, 0.2) is 47.9 Å². The molecule has 0 N–H and O–H groups in total. The number of thiazole rings is 1. The fourth-order valence-corrected chi connectivity index (χ4v) is 3.74. The van der Waals surface area contributed by atoms with E-state index in [1.807, 2.05) is 29.6 Å². The standard InChI is InChI=1S/C22H20ClNO5S/c1-26-17-7-5-15(6-8-17)22-24-16(13-30-22)12-29-20(25)9-4-14-10-18(23)21(28-3)19(11-14)27-2/h4-11,13H,12H2,1-3H3/b9-4+. The highest BCUT2D eigenvalue weighted by molar-refractivity contribution is 7.13. The molecule has 0 aliphatic carbocycles. The molecule has 156 valence electrons. The lowest BCUT2D eigenvalue weighted by molar-refractivity contribution is -0.139. The molecule has 0 fully saturated rings. The summed E-state index contributed by atoms with van der Waals surface area (Å²) in [7, 11) is 4.65. The molecular weight excluding hydrogens is 426 g/mol. The van der Waals surface area contributed by atoms with Gasteiger partial charge in [-0.15, -0.1) is 11.3 Å². The maximum Gasteiger partial charge on any atom is 0.331 e.